The normalized spacial score (nSPS) is 17.2. The summed E-state index contributed by atoms with van der Waals surface area (Å²) in [6, 6.07) is 1.61. The fourth-order valence-corrected chi connectivity index (χ4v) is 3.31. The van der Waals surface area contributed by atoms with Gasteiger partial charge in [-0.15, -0.1) is 0 Å². The number of aryl methyl sites for hydroxylation is 1. The monoisotopic (exact) mass is 308 g/mol. The van der Waals surface area contributed by atoms with Gasteiger partial charge in [-0.25, -0.2) is 9.48 Å². The Morgan fingerprint density at radius 2 is 2.18 bits per heavy atom. The highest BCUT2D eigenvalue weighted by Crippen LogP contribution is 2.38. The van der Waals surface area contributed by atoms with Crippen LogP contribution in [-0.2, 0) is 6.54 Å². The van der Waals surface area contributed by atoms with Crippen molar-refractivity contribution in [2.24, 2.45) is 5.41 Å². The molecule has 0 saturated heterocycles. The van der Waals surface area contributed by atoms with Crippen molar-refractivity contribution in [3.8, 4) is 0 Å². The summed E-state index contributed by atoms with van der Waals surface area (Å²) in [5, 5.41) is 19.4. The Kier molecular flexibility index (Phi) is 6.24. The quantitative estimate of drug-likeness (QED) is 0.724. The van der Waals surface area contributed by atoms with Crippen molar-refractivity contribution >= 4 is 11.8 Å². The van der Waals surface area contributed by atoms with Crippen LogP contribution >= 0.6 is 0 Å². The van der Waals surface area contributed by atoms with Gasteiger partial charge in [-0.05, 0) is 31.1 Å². The minimum Gasteiger partial charge on any atom is -0.396 e. The summed E-state index contributed by atoms with van der Waals surface area (Å²) >= 11 is 0. The average Bonchev–Trinajstić information content (AvgIpc) is 2.94. The molecule has 1 heterocycles. The Morgan fingerprint density at radius 3 is 2.86 bits per heavy atom. The van der Waals surface area contributed by atoms with Crippen LogP contribution in [0.1, 0.15) is 51.9 Å². The molecule has 2 amide bonds. The molecule has 22 heavy (non-hydrogen) atoms. The molecule has 1 aromatic rings. The summed E-state index contributed by atoms with van der Waals surface area (Å²) in [7, 11) is 0. The van der Waals surface area contributed by atoms with Gasteiger partial charge in [-0.1, -0.05) is 26.2 Å². The smallest absolute Gasteiger partial charge is 0.320 e. The van der Waals surface area contributed by atoms with Gasteiger partial charge >= 0.3 is 6.03 Å². The number of nitrogens with zero attached hydrogens (tertiary/aromatic N) is 2. The van der Waals surface area contributed by atoms with Crippen LogP contribution in [0.5, 0.6) is 0 Å². The van der Waals surface area contributed by atoms with Gasteiger partial charge in [0.15, 0.2) is 0 Å². The maximum absolute atomic E-state index is 12.1. The molecule has 3 N–H and O–H groups in total. The third-order valence-electron chi connectivity index (χ3n) is 4.57. The molecule has 1 aliphatic rings. The van der Waals surface area contributed by atoms with Crippen molar-refractivity contribution in [1.82, 2.24) is 15.1 Å². The first kappa shape index (κ1) is 16.8. The van der Waals surface area contributed by atoms with E-state index in [4.69, 9.17) is 0 Å². The Balaban J connectivity index is 1.86. The summed E-state index contributed by atoms with van der Waals surface area (Å²) in [5.74, 6) is 0.721. The first-order valence-corrected chi connectivity index (χ1v) is 8.37. The van der Waals surface area contributed by atoms with Crippen LogP contribution < -0.4 is 10.6 Å². The topological polar surface area (TPSA) is 79.2 Å². The molecule has 0 aromatic carbocycles. The molecule has 0 unspecified atom stereocenters. The third-order valence-corrected chi connectivity index (χ3v) is 4.57. The van der Waals surface area contributed by atoms with E-state index in [-0.39, 0.29) is 18.1 Å². The second-order valence-electron chi connectivity index (χ2n) is 6.28. The maximum atomic E-state index is 12.1. The maximum Gasteiger partial charge on any atom is 0.320 e. The minimum atomic E-state index is -0.194. The summed E-state index contributed by atoms with van der Waals surface area (Å²) in [6.07, 6.45) is 9.23. The lowest BCUT2D eigenvalue weighted by molar-refractivity contribution is 0.128. The number of hydrogen-bond donors (Lipinski definition) is 3. The van der Waals surface area contributed by atoms with E-state index in [0.29, 0.717) is 6.54 Å². The molecule has 0 radical (unpaired) electrons. The number of aromatic nitrogens is 2. The van der Waals surface area contributed by atoms with Crippen LogP contribution in [0.15, 0.2) is 12.3 Å². The molecule has 0 spiro atoms. The van der Waals surface area contributed by atoms with Gasteiger partial charge in [0.2, 0.25) is 0 Å². The Labute approximate surface area is 132 Å². The second-order valence-corrected chi connectivity index (χ2v) is 6.28. The van der Waals surface area contributed by atoms with Crippen LogP contribution in [-0.4, -0.2) is 34.1 Å². The van der Waals surface area contributed by atoms with Crippen molar-refractivity contribution in [3.63, 3.8) is 0 Å². The van der Waals surface area contributed by atoms with Gasteiger partial charge in [-0.2, -0.15) is 5.10 Å². The number of urea groups is 1. The highest BCUT2D eigenvalue weighted by atomic mass is 16.3. The summed E-state index contributed by atoms with van der Waals surface area (Å²) in [6.45, 7) is 3.68. The molecule has 1 aliphatic carbocycles. The SMILES string of the molecule is CCCn1nccc1NC(=O)NCC1(CCO)CCCCC1. The summed E-state index contributed by atoms with van der Waals surface area (Å²) < 4.78 is 1.80. The number of nitrogens with one attached hydrogen (secondary N) is 2. The number of aliphatic hydroxyl groups excluding tert-OH is 1. The molecule has 0 atom stereocenters. The van der Waals surface area contributed by atoms with E-state index in [1.54, 1.807) is 16.9 Å². The minimum absolute atomic E-state index is 0.0635. The first-order valence-electron chi connectivity index (χ1n) is 8.37. The lowest BCUT2D eigenvalue weighted by Gasteiger charge is -2.37. The van der Waals surface area contributed by atoms with Crippen LogP contribution in [0.2, 0.25) is 0 Å². The van der Waals surface area contributed by atoms with Gasteiger partial charge in [0, 0.05) is 25.8 Å². The molecule has 6 heteroatoms. The van der Waals surface area contributed by atoms with Crippen LogP contribution in [0, 0.1) is 5.41 Å². The van der Waals surface area contributed by atoms with Gasteiger partial charge in [0.25, 0.3) is 0 Å². The second kappa shape index (κ2) is 8.17. The predicted molar refractivity (Wildman–Crippen MR) is 86.8 cm³/mol. The Morgan fingerprint density at radius 1 is 1.41 bits per heavy atom. The zero-order valence-corrected chi connectivity index (χ0v) is 13.5. The molecule has 1 aromatic heterocycles. The van der Waals surface area contributed by atoms with Gasteiger partial charge < -0.3 is 10.4 Å². The van der Waals surface area contributed by atoms with E-state index in [1.807, 2.05) is 0 Å². The lowest BCUT2D eigenvalue weighted by Crippen LogP contribution is -2.41. The fourth-order valence-electron chi connectivity index (χ4n) is 3.31. The van der Waals surface area contributed by atoms with E-state index in [9.17, 15) is 9.90 Å². The number of carbonyl (C=O) groups excluding carboxylic acids is 1. The molecule has 2 rings (SSSR count). The van der Waals surface area contributed by atoms with Crippen LogP contribution in [0.4, 0.5) is 10.6 Å². The Hall–Kier alpha value is -1.56. The van der Waals surface area contributed by atoms with Crippen molar-refractivity contribution in [2.75, 3.05) is 18.5 Å². The van der Waals surface area contributed by atoms with Gasteiger partial charge in [0.05, 0.1) is 6.20 Å². The zero-order valence-electron chi connectivity index (χ0n) is 13.5. The van der Waals surface area contributed by atoms with E-state index in [1.165, 1.54) is 19.3 Å². The highest BCUT2D eigenvalue weighted by molar-refractivity contribution is 5.88. The van der Waals surface area contributed by atoms with E-state index in [0.717, 1.165) is 38.0 Å². The molecule has 1 fully saturated rings. The number of amides is 2. The number of rotatable bonds is 7. The molecule has 6 nitrogen and oxygen atoms in total. The number of aliphatic hydroxyl groups is 1. The molecule has 1 saturated carbocycles. The number of anilines is 1. The number of carbonyl (C=O) groups is 1. The highest BCUT2D eigenvalue weighted by Gasteiger charge is 2.31. The van der Waals surface area contributed by atoms with Crippen molar-refractivity contribution in [2.45, 2.75) is 58.4 Å². The average molecular weight is 308 g/mol. The molecule has 124 valence electrons. The van der Waals surface area contributed by atoms with Gasteiger partial charge in [0.1, 0.15) is 5.82 Å². The third kappa shape index (κ3) is 4.47. The van der Waals surface area contributed by atoms with Gasteiger partial charge in [-0.3, -0.25) is 5.32 Å². The largest absolute Gasteiger partial charge is 0.396 e. The number of hydrogen-bond acceptors (Lipinski definition) is 3. The van der Waals surface area contributed by atoms with Crippen LogP contribution in [0.3, 0.4) is 0 Å². The summed E-state index contributed by atoms with van der Waals surface area (Å²) in [5.41, 5.74) is 0.0635. The van der Waals surface area contributed by atoms with Crippen molar-refractivity contribution < 1.29 is 9.90 Å². The van der Waals surface area contributed by atoms with Crippen molar-refractivity contribution in [3.05, 3.63) is 12.3 Å². The van der Waals surface area contributed by atoms with E-state index < -0.39 is 0 Å². The standard InChI is InChI=1S/C16H28N4O2/c1-2-11-20-14(6-10-18-20)19-15(22)17-13-16(9-12-21)7-4-3-5-8-16/h6,10,21H,2-5,7-9,11-13H2,1H3,(H2,17,19,22). The van der Waals surface area contributed by atoms with Crippen molar-refractivity contribution in [1.29, 1.82) is 0 Å². The predicted octanol–water partition coefficient (Wildman–Crippen LogP) is 2.75. The summed E-state index contributed by atoms with van der Waals surface area (Å²) in [4.78, 5) is 12.1. The lowest BCUT2D eigenvalue weighted by atomic mass is 9.72. The Bertz CT molecular complexity index is 461. The molecular weight excluding hydrogens is 280 g/mol. The molecular formula is C16H28N4O2. The zero-order chi connectivity index (χ0) is 15.8. The molecule has 0 aliphatic heterocycles. The van der Waals surface area contributed by atoms with Crippen LogP contribution in [0.25, 0.3) is 0 Å². The molecule has 0 bridgehead atoms. The first-order chi connectivity index (χ1) is 10.7. The van der Waals surface area contributed by atoms with E-state index in [2.05, 4.69) is 22.7 Å². The van der Waals surface area contributed by atoms with E-state index >= 15 is 0 Å². The fraction of sp³-hybridized carbons (Fsp3) is 0.750.